The fourth-order valence-corrected chi connectivity index (χ4v) is 15.5. The van der Waals surface area contributed by atoms with Gasteiger partial charge in [-0.1, -0.05) is 75.7 Å². The van der Waals surface area contributed by atoms with Crippen molar-refractivity contribution in [2.24, 2.45) is 52.3 Å². The largest absolute Gasteiger partial charge is 0.497 e. The van der Waals surface area contributed by atoms with Gasteiger partial charge in [0.25, 0.3) is 10.0 Å². The van der Waals surface area contributed by atoms with Crippen molar-refractivity contribution in [2.45, 2.75) is 180 Å². The van der Waals surface area contributed by atoms with Gasteiger partial charge in [0, 0.05) is 12.5 Å². The van der Waals surface area contributed by atoms with Crippen molar-refractivity contribution in [3.63, 3.8) is 0 Å². The fourth-order valence-electron chi connectivity index (χ4n) is 11.9. The quantitative estimate of drug-likeness (QED) is 0.203. The molecular weight excluding hydrogens is 772 g/mol. The van der Waals surface area contributed by atoms with Crippen molar-refractivity contribution in [1.82, 2.24) is 10.0 Å². The lowest BCUT2D eigenvalue weighted by Gasteiger charge is -2.67. The molecule has 326 valence electrons. The molecule has 4 saturated carbocycles. The van der Waals surface area contributed by atoms with E-state index in [-0.39, 0.29) is 49.8 Å². The second-order valence-corrected chi connectivity index (χ2v) is 33.4. The number of hydrogen-bond donors (Lipinski definition) is 2. The van der Waals surface area contributed by atoms with Crippen molar-refractivity contribution >= 4 is 32.7 Å². The highest BCUT2D eigenvalue weighted by Crippen LogP contribution is 2.71. The van der Waals surface area contributed by atoms with Crippen LogP contribution < -0.4 is 14.8 Å². The van der Waals surface area contributed by atoms with Gasteiger partial charge in [-0.2, -0.15) is 0 Å². The van der Waals surface area contributed by atoms with E-state index in [9.17, 15) is 13.2 Å². The lowest BCUT2D eigenvalue weighted by Crippen LogP contribution is -2.67. The smallest absolute Gasteiger partial charge is 0.328 e. The average Bonchev–Trinajstić information content (AvgIpc) is 3.46. The van der Waals surface area contributed by atoms with Gasteiger partial charge >= 0.3 is 6.03 Å². The van der Waals surface area contributed by atoms with Gasteiger partial charge in [0.2, 0.25) is 0 Å². The van der Waals surface area contributed by atoms with Crippen LogP contribution in [-0.4, -0.2) is 63.1 Å². The van der Waals surface area contributed by atoms with E-state index in [0.29, 0.717) is 41.9 Å². The van der Waals surface area contributed by atoms with Crippen LogP contribution in [0.1, 0.15) is 121 Å². The van der Waals surface area contributed by atoms with Crippen molar-refractivity contribution in [2.75, 3.05) is 13.7 Å². The van der Waals surface area contributed by atoms with Gasteiger partial charge in [-0.3, -0.25) is 0 Å². The van der Waals surface area contributed by atoms with Gasteiger partial charge in [0.15, 0.2) is 16.6 Å². The number of benzene rings is 1. The Balaban J connectivity index is 1.37. The van der Waals surface area contributed by atoms with E-state index in [4.69, 9.17) is 13.6 Å². The number of nitrogens with one attached hydrogen (secondary N) is 2. The van der Waals surface area contributed by atoms with Crippen LogP contribution in [-0.2, 0) is 18.9 Å². The Morgan fingerprint density at radius 3 is 2.02 bits per heavy atom. The highest BCUT2D eigenvalue weighted by Gasteiger charge is 2.68. The molecular formula is C45H79FN2O6SSi2. The lowest BCUT2D eigenvalue weighted by atomic mass is 9.41. The van der Waals surface area contributed by atoms with Gasteiger partial charge in [0.05, 0.1) is 24.2 Å². The number of rotatable bonds is 12. The van der Waals surface area contributed by atoms with Crippen LogP contribution in [0.5, 0.6) is 5.75 Å². The van der Waals surface area contributed by atoms with Gasteiger partial charge in [-0.15, -0.1) is 0 Å². The minimum Gasteiger partial charge on any atom is -0.497 e. The molecule has 1 aromatic rings. The Labute approximate surface area is 348 Å². The summed E-state index contributed by atoms with van der Waals surface area (Å²) in [6.45, 7) is 33.0. The Hall–Kier alpha value is -1.48. The zero-order valence-electron chi connectivity index (χ0n) is 38.2. The van der Waals surface area contributed by atoms with Gasteiger partial charge in [-0.05, 0) is 152 Å². The first-order chi connectivity index (χ1) is 26.1. The summed E-state index contributed by atoms with van der Waals surface area (Å²) in [6, 6.07) is 5.24. The van der Waals surface area contributed by atoms with E-state index in [1.807, 2.05) is 0 Å². The van der Waals surface area contributed by atoms with Crippen LogP contribution in [0.4, 0.5) is 9.18 Å². The van der Waals surface area contributed by atoms with Crippen molar-refractivity contribution in [3.05, 3.63) is 24.3 Å². The second kappa shape index (κ2) is 16.4. The molecule has 8 nitrogen and oxygen atoms in total. The molecule has 0 aliphatic heterocycles. The molecule has 4 aliphatic rings. The highest BCUT2D eigenvalue weighted by atomic mass is 32.2. The molecule has 0 aromatic heterocycles. The molecule has 4 fully saturated rings. The molecule has 0 heterocycles. The maximum Gasteiger partial charge on any atom is 0.328 e. The number of carbonyl (C=O) groups excluding carboxylic acids is 1. The summed E-state index contributed by atoms with van der Waals surface area (Å²) in [7, 11) is -6.90. The third-order valence-electron chi connectivity index (χ3n) is 17.1. The maximum absolute atomic E-state index is 17.7. The van der Waals surface area contributed by atoms with Gasteiger partial charge in [-0.25, -0.2) is 22.3 Å². The van der Waals surface area contributed by atoms with Crippen LogP contribution in [0.2, 0.25) is 36.3 Å². The van der Waals surface area contributed by atoms with Gasteiger partial charge in [0.1, 0.15) is 11.9 Å². The number of sulfonamides is 1. The monoisotopic (exact) mass is 851 g/mol. The molecule has 6 unspecified atom stereocenters. The number of amides is 2. The maximum atomic E-state index is 17.7. The molecule has 5 rings (SSSR count). The summed E-state index contributed by atoms with van der Waals surface area (Å²) >= 11 is 0. The second-order valence-electron chi connectivity index (χ2n) is 22.2. The van der Waals surface area contributed by atoms with Crippen LogP contribution in [0.3, 0.4) is 0 Å². The first-order valence-corrected chi connectivity index (χ1v) is 29.4. The van der Waals surface area contributed by atoms with Crippen molar-refractivity contribution < 1.29 is 31.2 Å². The normalized spacial score (nSPS) is 35.4. The topological polar surface area (TPSA) is 103 Å². The summed E-state index contributed by atoms with van der Waals surface area (Å²) in [5.74, 6) is 2.64. The molecule has 12 heteroatoms. The molecule has 2 amide bonds. The number of halogens is 1. The lowest BCUT2D eigenvalue weighted by molar-refractivity contribution is -0.217. The van der Waals surface area contributed by atoms with E-state index in [1.165, 1.54) is 19.2 Å². The Kier molecular flexibility index (Phi) is 13.4. The SMILES string of the molecule is CC[C@H]1C(O[Si](C)(C)C(C)(C)C)C2C3CCC([C@H](C)CCNC(=O)NS(=O)(=O)c4ccc(OC)cc4)[C@@]3(C)CCC2[C@@]2(C)CCC(O[Si](C)(C)C(C)(C)C)[C@H](F)[C@@H]12. The van der Waals surface area contributed by atoms with Crippen LogP contribution in [0.25, 0.3) is 0 Å². The number of ether oxygens (including phenoxy) is 1. The summed E-state index contributed by atoms with van der Waals surface area (Å²) in [4.78, 5) is 12.8. The number of fused-ring (bicyclic) bond motifs is 5. The highest BCUT2D eigenvalue weighted by molar-refractivity contribution is 7.90. The van der Waals surface area contributed by atoms with E-state index < -0.39 is 38.9 Å². The molecule has 12 atom stereocenters. The molecule has 0 saturated heterocycles. The fraction of sp³-hybridized carbons (Fsp3) is 0.844. The number of urea groups is 1. The van der Waals surface area contributed by atoms with Crippen LogP contribution in [0, 0.1) is 52.3 Å². The number of carbonyl (C=O) groups is 1. The van der Waals surface area contributed by atoms with E-state index in [1.54, 1.807) is 12.1 Å². The number of alkyl halides is 1. The minimum atomic E-state index is -4.01. The Morgan fingerprint density at radius 1 is 0.895 bits per heavy atom. The first kappa shape index (κ1) is 46.6. The van der Waals surface area contributed by atoms with E-state index in [0.717, 1.165) is 51.4 Å². The van der Waals surface area contributed by atoms with Crippen molar-refractivity contribution in [1.29, 1.82) is 0 Å². The zero-order chi connectivity index (χ0) is 42.7. The number of methoxy groups -OCH3 is 1. The molecule has 0 spiro atoms. The minimum absolute atomic E-state index is 0.00550. The third kappa shape index (κ3) is 8.83. The Bertz CT molecular complexity index is 1680. The molecule has 0 radical (unpaired) electrons. The zero-order valence-corrected chi connectivity index (χ0v) is 41.0. The standard InChI is InChI=1S/C45H79FN2O6SSi2/c1-16-32-38-39(46)36(53-56(12,13)42(3,4)5)24-27-45(38,10)35-23-26-44(9)33(21-22-34(44)37(35)40(32)54-57(14,15)43(6,7)8)29(2)25-28-47-41(49)48-55(50,51)31-19-17-30(52-11)18-20-31/h17-20,29,32-40H,16,21-28H2,1-15H3,(H2,47,48,49)/t29-,32-,33?,34?,35?,36?,37?,38-,39+,40?,44-,45-/m1/s1. The Morgan fingerprint density at radius 2 is 1.46 bits per heavy atom. The first-order valence-electron chi connectivity index (χ1n) is 22.1. The molecule has 4 aliphatic carbocycles. The summed E-state index contributed by atoms with van der Waals surface area (Å²) in [5.41, 5.74) is -0.00531. The number of hydrogen-bond acceptors (Lipinski definition) is 6. The predicted octanol–water partition coefficient (Wildman–Crippen LogP) is 11.3. The third-order valence-corrected chi connectivity index (χ3v) is 27.4. The average molecular weight is 851 g/mol. The van der Waals surface area contributed by atoms with Gasteiger partial charge < -0.3 is 18.9 Å². The van der Waals surface area contributed by atoms with E-state index >= 15 is 4.39 Å². The van der Waals surface area contributed by atoms with Crippen molar-refractivity contribution in [3.8, 4) is 5.75 Å². The predicted molar refractivity (Wildman–Crippen MR) is 235 cm³/mol. The molecule has 57 heavy (non-hydrogen) atoms. The summed E-state index contributed by atoms with van der Waals surface area (Å²) < 4.78 is 65.4. The van der Waals surface area contributed by atoms with E-state index in [2.05, 4.69) is 105 Å². The summed E-state index contributed by atoms with van der Waals surface area (Å²) in [5, 5.41) is 2.89. The molecule has 0 bridgehead atoms. The molecule has 1 aromatic carbocycles. The van der Waals surface area contributed by atoms with Crippen LogP contribution in [0.15, 0.2) is 29.2 Å². The molecule has 2 N–H and O–H groups in total. The van der Waals surface area contributed by atoms with Crippen LogP contribution >= 0.6 is 0 Å². The summed E-state index contributed by atoms with van der Waals surface area (Å²) in [6.07, 6.45) is 6.60.